The van der Waals surface area contributed by atoms with Crippen LogP contribution in [0.3, 0.4) is 0 Å². The van der Waals surface area contributed by atoms with Crippen LogP contribution in [0.2, 0.25) is 0 Å². The molecule has 0 aromatic heterocycles. The normalized spacial score (nSPS) is 32.3. The lowest BCUT2D eigenvalue weighted by Crippen LogP contribution is -2.59. The monoisotopic (exact) mass is 476 g/mol. The van der Waals surface area contributed by atoms with Crippen molar-refractivity contribution in [3.63, 3.8) is 0 Å². The van der Waals surface area contributed by atoms with Gasteiger partial charge in [0.25, 0.3) is 0 Å². The number of aryl methyl sites for hydroxylation is 2. The summed E-state index contributed by atoms with van der Waals surface area (Å²) in [7, 11) is 0. The van der Waals surface area contributed by atoms with Crippen molar-refractivity contribution >= 4 is 0 Å². The fourth-order valence-corrected chi connectivity index (χ4v) is 4.60. The van der Waals surface area contributed by atoms with Gasteiger partial charge >= 0.3 is 0 Å². The topological polar surface area (TPSA) is 160 Å². The molecule has 1 fully saturated rings. The molecule has 2 aromatic carbocycles. The summed E-state index contributed by atoms with van der Waals surface area (Å²) in [6, 6.07) is 10.3. The number of aromatic hydroxyl groups is 2. The minimum absolute atomic E-state index is 0.0419. The summed E-state index contributed by atoms with van der Waals surface area (Å²) in [6.45, 7) is -0.556. The predicted molar refractivity (Wildman–Crippen MR) is 121 cm³/mol. The van der Waals surface area contributed by atoms with Gasteiger partial charge < -0.3 is 45.2 Å². The van der Waals surface area contributed by atoms with Crippen molar-refractivity contribution in [1.82, 2.24) is 0 Å². The first-order valence-electron chi connectivity index (χ1n) is 11.5. The number of aliphatic hydroxyl groups is 5. The second-order valence-electron chi connectivity index (χ2n) is 9.13. The fraction of sp³-hybridized carbons (Fsp3) is 0.520. The highest BCUT2D eigenvalue weighted by atomic mass is 16.7. The molecule has 4 rings (SSSR count). The molecular formula is C25H32O9. The van der Waals surface area contributed by atoms with Gasteiger partial charge in [0.1, 0.15) is 35.9 Å². The van der Waals surface area contributed by atoms with Gasteiger partial charge in [0, 0.05) is 11.1 Å². The van der Waals surface area contributed by atoms with E-state index in [-0.39, 0.29) is 17.9 Å². The molecule has 9 heteroatoms. The number of aliphatic hydroxyl groups excluding tert-OH is 5. The van der Waals surface area contributed by atoms with Crippen LogP contribution in [0.25, 0.3) is 11.1 Å². The number of ether oxygens (including phenoxy) is 2. The SMILES string of the molecule is OC[C@H]1O[C@@H](OC2CCc3ccc(O)c(c3)-c3cc(ccc3O)CCC(O)C2)[C@H](O)[C@@H](O)[C@@H]1O. The van der Waals surface area contributed by atoms with Gasteiger partial charge in [-0.15, -0.1) is 0 Å². The van der Waals surface area contributed by atoms with Gasteiger partial charge in [0.05, 0.1) is 18.8 Å². The summed E-state index contributed by atoms with van der Waals surface area (Å²) < 4.78 is 11.4. The zero-order valence-electron chi connectivity index (χ0n) is 18.7. The zero-order valence-corrected chi connectivity index (χ0v) is 18.7. The summed E-state index contributed by atoms with van der Waals surface area (Å²) in [5.74, 6) is 0.0932. The summed E-state index contributed by atoms with van der Waals surface area (Å²) in [5.41, 5.74) is 2.78. The van der Waals surface area contributed by atoms with Crippen molar-refractivity contribution in [3.05, 3.63) is 47.5 Å². The number of hydrogen-bond acceptors (Lipinski definition) is 9. The Morgan fingerprint density at radius 2 is 1.38 bits per heavy atom. The summed E-state index contributed by atoms with van der Waals surface area (Å²) in [4.78, 5) is 0. The molecular weight excluding hydrogens is 444 g/mol. The van der Waals surface area contributed by atoms with Gasteiger partial charge in [0.2, 0.25) is 0 Å². The van der Waals surface area contributed by atoms with E-state index in [0.29, 0.717) is 36.8 Å². The molecule has 9 nitrogen and oxygen atoms in total. The summed E-state index contributed by atoms with van der Waals surface area (Å²) >= 11 is 0. The smallest absolute Gasteiger partial charge is 0.186 e. The fourth-order valence-electron chi connectivity index (χ4n) is 4.60. The van der Waals surface area contributed by atoms with Crippen LogP contribution in [0, 0.1) is 0 Å². The molecule has 0 spiro atoms. The minimum Gasteiger partial charge on any atom is -0.507 e. The van der Waals surface area contributed by atoms with Crippen LogP contribution in [0.4, 0.5) is 0 Å². The average Bonchev–Trinajstić information content (AvgIpc) is 2.83. The molecule has 1 saturated heterocycles. The van der Waals surface area contributed by atoms with Crippen LogP contribution in [0.1, 0.15) is 30.4 Å². The van der Waals surface area contributed by atoms with Gasteiger partial charge in [-0.25, -0.2) is 0 Å². The summed E-state index contributed by atoms with van der Waals surface area (Å²) in [5, 5.41) is 71.4. The molecule has 34 heavy (non-hydrogen) atoms. The molecule has 4 bridgehead atoms. The third-order valence-corrected chi connectivity index (χ3v) is 6.64. The predicted octanol–water partition coefficient (Wildman–Crippen LogP) is 0.580. The van der Waals surface area contributed by atoms with Crippen molar-refractivity contribution in [1.29, 1.82) is 0 Å². The van der Waals surface area contributed by atoms with Crippen molar-refractivity contribution in [2.24, 2.45) is 0 Å². The standard InChI is InChI=1S/C25H32O9/c26-12-21-22(30)23(31)24(32)25(34-21)33-16-6-2-14-4-8-20(29)18(10-14)17-9-13(3-7-19(17)28)1-5-15(27)11-16/h3-4,7-10,15-16,21-32H,1-2,5-6,11-12H2/t15?,16?,21-,22-,23+,24-,25-/m1/s1. The van der Waals surface area contributed by atoms with E-state index in [1.807, 2.05) is 0 Å². The maximum atomic E-state index is 10.7. The Kier molecular flexibility index (Phi) is 7.73. The molecule has 7 atom stereocenters. The molecule has 2 unspecified atom stereocenters. The summed E-state index contributed by atoms with van der Waals surface area (Å²) in [6.07, 6.45) is -6.09. The van der Waals surface area contributed by atoms with E-state index in [1.54, 1.807) is 36.4 Å². The van der Waals surface area contributed by atoms with Gasteiger partial charge in [0.15, 0.2) is 6.29 Å². The lowest BCUT2D eigenvalue weighted by atomic mass is 9.96. The van der Waals surface area contributed by atoms with Crippen molar-refractivity contribution in [2.45, 2.75) is 75.0 Å². The molecule has 1 heterocycles. The van der Waals surface area contributed by atoms with E-state index in [0.717, 1.165) is 11.1 Å². The largest absolute Gasteiger partial charge is 0.507 e. The molecule has 7 N–H and O–H groups in total. The molecule has 1 aliphatic carbocycles. The molecule has 186 valence electrons. The van der Waals surface area contributed by atoms with Crippen LogP contribution in [0.15, 0.2) is 36.4 Å². The van der Waals surface area contributed by atoms with Gasteiger partial charge in [-0.3, -0.25) is 0 Å². The Bertz CT molecular complexity index is 979. The maximum absolute atomic E-state index is 10.7. The van der Waals surface area contributed by atoms with E-state index >= 15 is 0 Å². The van der Waals surface area contributed by atoms with E-state index in [1.165, 1.54) is 0 Å². The number of rotatable bonds is 3. The van der Waals surface area contributed by atoms with Gasteiger partial charge in [-0.2, -0.15) is 0 Å². The van der Waals surface area contributed by atoms with E-state index in [4.69, 9.17) is 9.47 Å². The van der Waals surface area contributed by atoms with E-state index in [2.05, 4.69) is 0 Å². The lowest BCUT2D eigenvalue weighted by molar-refractivity contribution is -0.313. The highest BCUT2D eigenvalue weighted by molar-refractivity contribution is 5.76. The first-order chi connectivity index (χ1) is 16.3. The third-order valence-electron chi connectivity index (χ3n) is 6.64. The third kappa shape index (κ3) is 5.36. The van der Waals surface area contributed by atoms with Crippen LogP contribution >= 0.6 is 0 Å². The zero-order chi connectivity index (χ0) is 24.4. The Labute approximate surface area is 197 Å². The molecule has 1 aliphatic heterocycles. The number of hydrogen-bond donors (Lipinski definition) is 7. The second-order valence-corrected chi connectivity index (χ2v) is 9.13. The number of phenols is 2. The Morgan fingerprint density at radius 3 is 1.97 bits per heavy atom. The maximum Gasteiger partial charge on any atom is 0.186 e. The molecule has 2 aliphatic rings. The number of benzene rings is 2. The Balaban J connectivity index is 1.59. The highest BCUT2D eigenvalue weighted by Crippen LogP contribution is 2.37. The first kappa shape index (κ1) is 24.9. The number of fused-ring (bicyclic) bond motifs is 5. The van der Waals surface area contributed by atoms with Crippen LogP contribution in [-0.2, 0) is 22.3 Å². The molecule has 0 radical (unpaired) electrons. The van der Waals surface area contributed by atoms with Crippen LogP contribution in [-0.4, -0.2) is 85.3 Å². The Hall–Kier alpha value is -2.24. The van der Waals surface area contributed by atoms with E-state index in [9.17, 15) is 35.7 Å². The quantitative estimate of drug-likeness (QED) is 0.336. The average molecular weight is 477 g/mol. The molecule has 0 saturated carbocycles. The van der Waals surface area contributed by atoms with Crippen LogP contribution in [0.5, 0.6) is 11.5 Å². The van der Waals surface area contributed by atoms with Crippen molar-refractivity contribution in [3.8, 4) is 22.6 Å². The Morgan fingerprint density at radius 1 is 0.794 bits per heavy atom. The van der Waals surface area contributed by atoms with E-state index < -0.39 is 49.5 Å². The minimum atomic E-state index is -1.55. The highest BCUT2D eigenvalue weighted by Gasteiger charge is 2.44. The number of phenolic OH excluding ortho intramolecular Hbond substituents is 2. The first-order valence-corrected chi connectivity index (χ1v) is 11.5. The van der Waals surface area contributed by atoms with Gasteiger partial charge in [-0.1, -0.05) is 12.1 Å². The van der Waals surface area contributed by atoms with Gasteiger partial charge in [-0.05, 0) is 67.5 Å². The van der Waals surface area contributed by atoms with Crippen LogP contribution < -0.4 is 0 Å². The van der Waals surface area contributed by atoms with Crippen molar-refractivity contribution in [2.75, 3.05) is 6.61 Å². The van der Waals surface area contributed by atoms with Crippen molar-refractivity contribution < 1.29 is 45.2 Å². The lowest BCUT2D eigenvalue weighted by Gasteiger charge is -2.41. The molecule has 0 amide bonds. The molecule has 2 aromatic rings. The second kappa shape index (κ2) is 10.6.